The molecule has 0 aliphatic carbocycles. The van der Waals surface area contributed by atoms with Crippen LogP contribution in [0.3, 0.4) is 0 Å². The van der Waals surface area contributed by atoms with Crippen molar-refractivity contribution in [2.45, 2.75) is 0 Å². The molecule has 1 heterocycles. The third-order valence-corrected chi connectivity index (χ3v) is 4.14. The molecule has 0 N–H and O–H groups in total. The van der Waals surface area contributed by atoms with Gasteiger partial charge < -0.3 is 18.1 Å². The summed E-state index contributed by atoms with van der Waals surface area (Å²) in [4.78, 5) is 12.4. The minimum absolute atomic E-state index is 0.0713. The highest BCUT2D eigenvalue weighted by Crippen LogP contribution is 2.32. The van der Waals surface area contributed by atoms with E-state index >= 15 is 0 Å². The maximum absolute atomic E-state index is 12.4. The van der Waals surface area contributed by atoms with Crippen LogP contribution in [0.5, 0.6) is 17.2 Å². The van der Waals surface area contributed by atoms with Crippen LogP contribution in [0.4, 0.5) is 0 Å². The van der Waals surface area contributed by atoms with E-state index in [9.17, 15) is 13.2 Å². The van der Waals surface area contributed by atoms with Crippen LogP contribution in [-0.2, 0) is 10.1 Å². The van der Waals surface area contributed by atoms with Crippen molar-refractivity contribution in [3.8, 4) is 28.4 Å². The van der Waals surface area contributed by atoms with Gasteiger partial charge in [0.05, 0.1) is 26.0 Å². The number of fused-ring (bicyclic) bond motifs is 1. The first kappa shape index (κ1) is 17.8. The molecule has 0 saturated heterocycles. The van der Waals surface area contributed by atoms with Gasteiger partial charge in [-0.1, -0.05) is 6.07 Å². The quantitative estimate of drug-likeness (QED) is 0.499. The molecule has 0 bridgehead atoms. The van der Waals surface area contributed by atoms with Gasteiger partial charge in [0.25, 0.3) is 0 Å². The lowest BCUT2D eigenvalue weighted by molar-refractivity contribution is 0.355. The van der Waals surface area contributed by atoms with Gasteiger partial charge in [-0.2, -0.15) is 8.42 Å². The summed E-state index contributed by atoms with van der Waals surface area (Å²) >= 11 is 0. The maximum atomic E-state index is 12.4. The highest BCUT2D eigenvalue weighted by atomic mass is 32.2. The Kier molecular flexibility index (Phi) is 4.60. The summed E-state index contributed by atoms with van der Waals surface area (Å²) in [5.41, 5.74) is 0.603. The van der Waals surface area contributed by atoms with Gasteiger partial charge in [0.15, 0.2) is 11.5 Å². The number of hydrogen-bond donors (Lipinski definition) is 0. The summed E-state index contributed by atoms with van der Waals surface area (Å²) in [6.45, 7) is 0. The summed E-state index contributed by atoms with van der Waals surface area (Å²) in [6.07, 6.45) is 0.938. The standard InChI is InChI=1S/C18H16O7S/c1-22-15-7-5-11(9-17(15)23-2)14-8-12-4-6-13(25-26(3,20)21)10-16(12)24-18(14)19/h4-10H,1-3H3. The van der Waals surface area contributed by atoms with Crippen molar-refractivity contribution in [2.75, 3.05) is 20.5 Å². The molecule has 3 aromatic rings. The van der Waals surface area contributed by atoms with Crippen molar-refractivity contribution in [1.82, 2.24) is 0 Å². The molecule has 8 heteroatoms. The minimum Gasteiger partial charge on any atom is -0.493 e. The zero-order valence-corrected chi connectivity index (χ0v) is 15.1. The first-order valence-electron chi connectivity index (χ1n) is 7.50. The van der Waals surface area contributed by atoms with Crippen LogP contribution in [-0.4, -0.2) is 28.9 Å². The summed E-state index contributed by atoms with van der Waals surface area (Å²) in [6, 6.07) is 11.2. The van der Waals surface area contributed by atoms with E-state index in [1.54, 1.807) is 30.3 Å². The summed E-state index contributed by atoms with van der Waals surface area (Å²) in [5, 5.41) is 0.621. The SMILES string of the molecule is COc1ccc(-c2cc3ccc(OS(C)(=O)=O)cc3oc2=O)cc1OC. The second-order valence-corrected chi connectivity index (χ2v) is 7.08. The summed E-state index contributed by atoms with van der Waals surface area (Å²) in [5.74, 6) is 1.10. The second kappa shape index (κ2) is 6.72. The van der Waals surface area contributed by atoms with Crippen LogP contribution in [0.25, 0.3) is 22.1 Å². The number of methoxy groups -OCH3 is 2. The highest BCUT2D eigenvalue weighted by molar-refractivity contribution is 7.86. The van der Waals surface area contributed by atoms with Crippen LogP contribution in [0.15, 0.2) is 51.7 Å². The molecular weight excluding hydrogens is 360 g/mol. The molecule has 0 atom stereocenters. The van der Waals surface area contributed by atoms with Gasteiger partial charge >= 0.3 is 15.7 Å². The third kappa shape index (κ3) is 3.65. The normalized spacial score (nSPS) is 11.3. The fourth-order valence-corrected chi connectivity index (χ4v) is 2.98. The number of ether oxygens (including phenoxy) is 2. The van der Waals surface area contributed by atoms with E-state index in [4.69, 9.17) is 18.1 Å². The fraction of sp³-hybridized carbons (Fsp3) is 0.167. The minimum atomic E-state index is -3.67. The lowest BCUT2D eigenvalue weighted by atomic mass is 10.1. The molecule has 2 aromatic carbocycles. The average Bonchev–Trinajstić information content (AvgIpc) is 2.59. The summed E-state index contributed by atoms with van der Waals surface area (Å²) < 4.78 is 43.0. The summed E-state index contributed by atoms with van der Waals surface area (Å²) in [7, 11) is -0.633. The Morgan fingerprint density at radius 2 is 1.65 bits per heavy atom. The Morgan fingerprint density at radius 1 is 0.923 bits per heavy atom. The monoisotopic (exact) mass is 376 g/mol. The predicted molar refractivity (Wildman–Crippen MR) is 96.5 cm³/mol. The van der Waals surface area contributed by atoms with Crippen molar-refractivity contribution in [2.24, 2.45) is 0 Å². The number of hydrogen-bond acceptors (Lipinski definition) is 7. The molecule has 0 saturated carbocycles. The Labute approximate surface area is 149 Å². The zero-order valence-electron chi connectivity index (χ0n) is 14.3. The van der Waals surface area contributed by atoms with Crippen molar-refractivity contribution < 1.29 is 26.5 Å². The predicted octanol–water partition coefficient (Wildman–Crippen LogP) is 2.82. The molecule has 7 nitrogen and oxygen atoms in total. The van der Waals surface area contributed by atoms with Gasteiger partial charge in [-0.25, -0.2) is 4.79 Å². The van der Waals surface area contributed by atoms with Gasteiger partial charge in [0.1, 0.15) is 11.3 Å². The van der Waals surface area contributed by atoms with Gasteiger partial charge in [-0.3, -0.25) is 0 Å². The number of benzene rings is 2. The molecule has 0 aliphatic heterocycles. The Balaban J connectivity index is 2.10. The van der Waals surface area contributed by atoms with Crippen molar-refractivity contribution in [1.29, 1.82) is 0 Å². The molecule has 0 radical (unpaired) electrons. The molecule has 136 valence electrons. The Morgan fingerprint density at radius 3 is 2.31 bits per heavy atom. The molecule has 1 aromatic heterocycles. The van der Waals surface area contributed by atoms with Gasteiger partial charge in [0, 0.05) is 11.5 Å². The van der Waals surface area contributed by atoms with E-state index in [-0.39, 0.29) is 11.3 Å². The van der Waals surface area contributed by atoms with Crippen LogP contribution in [0.1, 0.15) is 0 Å². The smallest absolute Gasteiger partial charge is 0.344 e. The van der Waals surface area contributed by atoms with E-state index in [1.165, 1.54) is 26.4 Å². The van der Waals surface area contributed by atoms with Gasteiger partial charge in [-0.05, 0) is 35.9 Å². The Bertz CT molecular complexity index is 1130. The molecule has 0 aliphatic rings. The molecule has 26 heavy (non-hydrogen) atoms. The molecular formula is C18H16O7S. The van der Waals surface area contributed by atoms with E-state index in [2.05, 4.69) is 0 Å². The molecule has 0 spiro atoms. The molecule has 3 rings (SSSR count). The maximum Gasteiger partial charge on any atom is 0.344 e. The topological polar surface area (TPSA) is 92.0 Å². The number of rotatable bonds is 5. The van der Waals surface area contributed by atoms with Crippen LogP contribution in [0, 0.1) is 0 Å². The fourth-order valence-electron chi connectivity index (χ4n) is 2.52. The first-order valence-corrected chi connectivity index (χ1v) is 9.32. The van der Waals surface area contributed by atoms with Crippen molar-refractivity contribution in [3.05, 3.63) is 52.9 Å². The molecule has 0 fully saturated rings. The van der Waals surface area contributed by atoms with E-state index in [0.717, 1.165) is 6.26 Å². The van der Waals surface area contributed by atoms with Gasteiger partial charge in [-0.15, -0.1) is 0 Å². The third-order valence-electron chi connectivity index (χ3n) is 3.65. The van der Waals surface area contributed by atoms with Gasteiger partial charge in [0.2, 0.25) is 0 Å². The lowest BCUT2D eigenvalue weighted by Crippen LogP contribution is -2.06. The van der Waals surface area contributed by atoms with Crippen LogP contribution < -0.4 is 19.3 Å². The average molecular weight is 376 g/mol. The molecule has 0 unspecified atom stereocenters. The van der Waals surface area contributed by atoms with Crippen LogP contribution in [0.2, 0.25) is 0 Å². The van der Waals surface area contributed by atoms with Crippen molar-refractivity contribution in [3.63, 3.8) is 0 Å². The second-order valence-electron chi connectivity index (χ2n) is 5.50. The van der Waals surface area contributed by atoms with Crippen LogP contribution >= 0.6 is 0 Å². The Hall–Kier alpha value is -3.00. The first-order chi connectivity index (χ1) is 12.3. The van der Waals surface area contributed by atoms with E-state index < -0.39 is 15.7 Å². The highest BCUT2D eigenvalue weighted by Gasteiger charge is 2.13. The lowest BCUT2D eigenvalue weighted by Gasteiger charge is -2.10. The van der Waals surface area contributed by atoms with E-state index in [0.29, 0.717) is 28.0 Å². The van der Waals surface area contributed by atoms with Crippen molar-refractivity contribution >= 4 is 21.1 Å². The molecule has 0 amide bonds. The largest absolute Gasteiger partial charge is 0.493 e. The van der Waals surface area contributed by atoms with E-state index in [1.807, 2.05) is 0 Å². The zero-order chi connectivity index (χ0) is 18.9.